The van der Waals surface area contributed by atoms with E-state index in [1.165, 1.54) is 37.4 Å². The van der Waals surface area contributed by atoms with Crippen LogP contribution in [0, 0.1) is 10.1 Å². The van der Waals surface area contributed by atoms with Crippen molar-refractivity contribution in [2.45, 2.75) is 13.0 Å². The van der Waals surface area contributed by atoms with Crippen LogP contribution in [-0.4, -0.2) is 28.3 Å². The lowest BCUT2D eigenvalue weighted by molar-refractivity contribution is -0.402. The second-order valence-electron chi connectivity index (χ2n) is 3.22. The Morgan fingerprint density at radius 3 is 2.94 bits per heavy atom. The molecule has 0 radical (unpaired) electrons. The Morgan fingerprint density at radius 2 is 2.39 bits per heavy atom. The SMILES string of the molecule is C[C@@H](O)C(=O)N/N=C\C=C\c1ccc([N+](=O)[O-])o1. The number of furan rings is 1. The lowest BCUT2D eigenvalue weighted by Gasteiger charge is -1.99. The zero-order valence-electron chi connectivity index (χ0n) is 9.44. The maximum atomic E-state index is 10.9. The number of nitrogens with zero attached hydrogens (tertiary/aromatic N) is 2. The van der Waals surface area contributed by atoms with Crippen molar-refractivity contribution >= 4 is 24.1 Å². The lowest BCUT2D eigenvalue weighted by Crippen LogP contribution is -2.28. The number of rotatable bonds is 5. The number of allylic oxidation sites excluding steroid dienone is 1. The van der Waals surface area contributed by atoms with Gasteiger partial charge in [0.15, 0.2) is 0 Å². The highest BCUT2D eigenvalue weighted by Crippen LogP contribution is 2.16. The van der Waals surface area contributed by atoms with Crippen LogP contribution in [0.15, 0.2) is 27.7 Å². The summed E-state index contributed by atoms with van der Waals surface area (Å²) in [6.45, 7) is 1.31. The Morgan fingerprint density at radius 1 is 1.67 bits per heavy atom. The molecule has 0 aliphatic heterocycles. The molecule has 1 rings (SSSR count). The fraction of sp³-hybridized carbons (Fsp3) is 0.200. The fourth-order valence-electron chi connectivity index (χ4n) is 0.905. The molecule has 0 unspecified atom stereocenters. The first-order chi connectivity index (χ1) is 8.50. The third-order valence-electron chi connectivity index (χ3n) is 1.77. The lowest BCUT2D eigenvalue weighted by atomic mass is 10.4. The molecule has 1 amide bonds. The summed E-state index contributed by atoms with van der Waals surface area (Å²) < 4.78 is 4.84. The molecule has 96 valence electrons. The van der Waals surface area contributed by atoms with Gasteiger partial charge in [-0.2, -0.15) is 5.10 Å². The van der Waals surface area contributed by atoms with Crippen molar-refractivity contribution in [3.05, 3.63) is 34.1 Å². The van der Waals surface area contributed by atoms with E-state index in [1.54, 1.807) is 0 Å². The second kappa shape index (κ2) is 6.30. The summed E-state index contributed by atoms with van der Waals surface area (Å²) in [4.78, 5) is 20.5. The van der Waals surface area contributed by atoms with Gasteiger partial charge in [-0.1, -0.05) is 0 Å². The first-order valence-electron chi connectivity index (χ1n) is 4.92. The molecular formula is C10H11N3O5. The molecule has 0 bridgehead atoms. The Labute approximate surface area is 102 Å². The topological polar surface area (TPSA) is 118 Å². The minimum absolute atomic E-state index is 0.287. The number of carbonyl (C=O) groups excluding carboxylic acids is 1. The van der Waals surface area contributed by atoms with E-state index in [1.807, 2.05) is 0 Å². The molecule has 1 heterocycles. The van der Waals surface area contributed by atoms with Crippen molar-refractivity contribution in [1.82, 2.24) is 5.43 Å². The standard InChI is InChI=1S/C10H11N3O5/c1-7(14)10(15)12-11-6-2-3-8-4-5-9(18-8)13(16)17/h2-7,14H,1H3,(H,12,15)/b3-2+,11-6-/t7-/m1/s1. The largest absolute Gasteiger partial charge is 0.433 e. The summed E-state index contributed by atoms with van der Waals surface area (Å²) in [5.41, 5.74) is 2.08. The molecule has 0 fully saturated rings. The third kappa shape index (κ3) is 4.18. The number of nitrogens with one attached hydrogen (secondary N) is 1. The molecule has 1 atom stereocenters. The number of aliphatic hydroxyl groups excluding tert-OH is 1. The number of hydrazone groups is 1. The normalized spacial score (nSPS) is 13.0. The minimum Gasteiger partial charge on any atom is -0.401 e. The van der Waals surface area contributed by atoms with Gasteiger partial charge in [-0.15, -0.1) is 0 Å². The summed E-state index contributed by atoms with van der Waals surface area (Å²) in [6, 6.07) is 2.66. The van der Waals surface area contributed by atoms with Gasteiger partial charge in [-0.3, -0.25) is 14.9 Å². The molecule has 8 nitrogen and oxygen atoms in total. The van der Waals surface area contributed by atoms with E-state index in [9.17, 15) is 14.9 Å². The number of hydrogen-bond acceptors (Lipinski definition) is 6. The van der Waals surface area contributed by atoms with Crippen LogP contribution in [0.4, 0.5) is 5.88 Å². The first-order valence-corrected chi connectivity index (χ1v) is 4.92. The average Bonchev–Trinajstić information content (AvgIpc) is 2.77. The Balaban J connectivity index is 2.47. The first kappa shape index (κ1) is 13.6. The Hall–Kier alpha value is -2.48. The number of hydrogen-bond donors (Lipinski definition) is 2. The van der Waals surface area contributed by atoms with Crippen molar-refractivity contribution < 1.29 is 19.2 Å². The molecule has 2 N–H and O–H groups in total. The van der Waals surface area contributed by atoms with Crippen LogP contribution in [-0.2, 0) is 4.79 Å². The predicted molar refractivity (Wildman–Crippen MR) is 62.7 cm³/mol. The molecule has 0 aliphatic rings. The van der Waals surface area contributed by atoms with Crippen molar-refractivity contribution in [2.75, 3.05) is 0 Å². The van der Waals surface area contributed by atoms with Gasteiger partial charge in [0.25, 0.3) is 5.91 Å². The highest BCUT2D eigenvalue weighted by atomic mass is 16.6. The summed E-state index contributed by atoms with van der Waals surface area (Å²) in [6.07, 6.45) is 2.96. The number of carbonyl (C=O) groups is 1. The van der Waals surface area contributed by atoms with Gasteiger partial charge in [0.1, 0.15) is 16.8 Å². The van der Waals surface area contributed by atoms with E-state index in [4.69, 9.17) is 9.52 Å². The fourth-order valence-corrected chi connectivity index (χ4v) is 0.905. The molecule has 0 saturated heterocycles. The van der Waals surface area contributed by atoms with Crippen LogP contribution < -0.4 is 5.43 Å². The number of amides is 1. The molecule has 8 heteroatoms. The van der Waals surface area contributed by atoms with Crippen molar-refractivity contribution in [2.24, 2.45) is 5.10 Å². The van der Waals surface area contributed by atoms with Crippen LogP contribution >= 0.6 is 0 Å². The van der Waals surface area contributed by atoms with Crippen LogP contribution in [0.3, 0.4) is 0 Å². The summed E-state index contributed by atoms with van der Waals surface area (Å²) >= 11 is 0. The van der Waals surface area contributed by atoms with E-state index in [2.05, 4.69) is 10.5 Å². The van der Waals surface area contributed by atoms with Gasteiger partial charge < -0.3 is 9.52 Å². The maximum absolute atomic E-state index is 10.9. The van der Waals surface area contributed by atoms with Crippen LogP contribution in [0.5, 0.6) is 0 Å². The summed E-state index contributed by atoms with van der Waals surface area (Å²) in [5.74, 6) is -0.697. The molecule has 18 heavy (non-hydrogen) atoms. The van der Waals surface area contributed by atoms with Gasteiger partial charge in [-0.25, -0.2) is 5.43 Å². The van der Waals surface area contributed by atoms with Crippen LogP contribution in [0.2, 0.25) is 0 Å². The molecule has 1 aromatic heterocycles. The maximum Gasteiger partial charge on any atom is 0.433 e. The van der Waals surface area contributed by atoms with Crippen LogP contribution in [0.25, 0.3) is 6.08 Å². The highest BCUT2D eigenvalue weighted by Gasteiger charge is 2.09. The van der Waals surface area contributed by atoms with E-state index < -0.39 is 16.9 Å². The quantitative estimate of drug-likeness (QED) is 0.454. The zero-order chi connectivity index (χ0) is 13.5. The second-order valence-corrected chi connectivity index (χ2v) is 3.22. The number of nitro groups is 1. The predicted octanol–water partition coefficient (Wildman–Crippen LogP) is 0.684. The monoisotopic (exact) mass is 253 g/mol. The van der Waals surface area contributed by atoms with E-state index in [0.717, 1.165) is 0 Å². The molecule has 0 spiro atoms. The third-order valence-corrected chi connectivity index (χ3v) is 1.77. The summed E-state index contributed by atoms with van der Waals surface area (Å²) in [5, 5.41) is 22.6. The van der Waals surface area contributed by atoms with Gasteiger partial charge in [-0.05, 0) is 25.1 Å². The van der Waals surface area contributed by atoms with E-state index in [0.29, 0.717) is 0 Å². The smallest absolute Gasteiger partial charge is 0.401 e. The molecular weight excluding hydrogens is 242 g/mol. The summed E-state index contributed by atoms with van der Waals surface area (Å²) in [7, 11) is 0. The minimum atomic E-state index is -1.14. The molecule has 1 aromatic rings. The molecule has 0 aliphatic carbocycles. The van der Waals surface area contributed by atoms with Gasteiger partial charge in [0, 0.05) is 6.21 Å². The van der Waals surface area contributed by atoms with Gasteiger partial charge >= 0.3 is 5.88 Å². The van der Waals surface area contributed by atoms with Crippen molar-refractivity contribution in [3.8, 4) is 0 Å². The molecule has 0 saturated carbocycles. The highest BCUT2D eigenvalue weighted by molar-refractivity contribution is 5.82. The average molecular weight is 253 g/mol. The van der Waals surface area contributed by atoms with Crippen LogP contribution in [0.1, 0.15) is 12.7 Å². The molecule has 0 aromatic carbocycles. The zero-order valence-corrected chi connectivity index (χ0v) is 9.44. The van der Waals surface area contributed by atoms with Gasteiger partial charge in [0.05, 0.1) is 6.07 Å². The Bertz CT molecular complexity index is 489. The van der Waals surface area contributed by atoms with E-state index in [-0.39, 0.29) is 11.6 Å². The van der Waals surface area contributed by atoms with Crippen molar-refractivity contribution in [1.29, 1.82) is 0 Å². The van der Waals surface area contributed by atoms with Gasteiger partial charge in [0.2, 0.25) is 0 Å². The van der Waals surface area contributed by atoms with Crippen molar-refractivity contribution in [3.63, 3.8) is 0 Å². The van der Waals surface area contributed by atoms with E-state index >= 15 is 0 Å². The Kier molecular flexibility index (Phi) is 4.76. The number of aliphatic hydroxyl groups is 1.